The van der Waals surface area contributed by atoms with Gasteiger partial charge in [0.15, 0.2) is 0 Å². The van der Waals surface area contributed by atoms with Crippen molar-refractivity contribution in [1.29, 1.82) is 0 Å². The van der Waals surface area contributed by atoms with Crippen LogP contribution in [0.5, 0.6) is 5.75 Å². The van der Waals surface area contributed by atoms with Gasteiger partial charge in [0.05, 0.1) is 0 Å². The summed E-state index contributed by atoms with van der Waals surface area (Å²) in [6.07, 6.45) is 0. The first-order valence-electron chi connectivity index (χ1n) is 6.78. The molecular weight excluding hydrogens is 285 g/mol. The molecule has 2 N–H and O–H groups in total. The normalized spacial score (nSPS) is 10.7. The number of hydrogen-bond donors (Lipinski definition) is 1. The van der Waals surface area contributed by atoms with Gasteiger partial charge in [-0.1, -0.05) is 44.3 Å². The summed E-state index contributed by atoms with van der Waals surface area (Å²) in [5, 5.41) is 0. The maximum Gasteiger partial charge on any atom is 0.133 e. The monoisotopic (exact) mass is 303 g/mol. The molecule has 2 aromatic carbocycles. The van der Waals surface area contributed by atoms with E-state index in [2.05, 4.69) is 13.8 Å². The van der Waals surface area contributed by atoms with Crippen molar-refractivity contribution in [3.05, 3.63) is 65.0 Å². The number of nitrogens with two attached hydrogens (primary N) is 1. The molecule has 0 heterocycles. The van der Waals surface area contributed by atoms with Crippen molar-refractivity contribution < 1.29 is 9.13 Å². The van der Waals surface area contributed by atoms with E-state index < -0.39 is 5.82 Å². The Balaban J connectivity index is 2.06. The third-order valence-electron chi connectivity index (χ3n) is 3.25. The lowest BCUT2D eigenvalue weighted by atomic mass is 10.0. The second-order valence-corrected chi connectivity index (χ2v) is 5.63. The largest absolute Gasteiger partial charge is 0.489 e. The molecule has 4 heteroatoms. The highest BCUT2D eigenvalue weighted by Gasteiger charge is 2.07. The van der Waals surface area contributed by atoms with Crippen molar-refractivity contribution >= 4 is 17.2 Å². The molecule has 0 unspecified atom stereocenters. The van der Waals surface area contributed by atoms with Crippen LogP contribution < -0.4 is 10.5 Å². The van der Waals surface area contributed by atoms with Gasteiger partial charge in [0, 0.05) is 5.56 Å². The summed E-state index contributed by atoms with van der Waals surface area (Å²) < 4.78 is 19.2. The lowest BCUT2D eigenvalue weighted by Crippen LogP contribution is -2.12. The SMILES string of the molecule is CC(C)c1ccc(OCc2ccc(F)c(C(N)=S)c2)cc1. The van der Waals surface area contributed by atoms with Crippen molar-refractivity contribution in [3.8, 4) is 5.75 Å². The highest BCUT2D eigenvalue weighted by atomic mass is 32.1. The summed E-state index contributed by atoms with van der Waals surface area (Å²) in [6.45, 7) is 4.63. The zero-order valence-corrected chi connectivity index (χ0v) is 12.9. The first-order chi connectivity index (χ1) is 9.97. The van der Waals surface area contributed by atoms with Crippen molar-refractivity contribution in [1.82, 2.24) is 0 Å². The zero-order valence-electron chi connectivity index (χ0n) is 12.1. The van der Waals surface area contributed by atoms with Crippen LogP contribution in [0.2, 0.25) is 0 Å². The van der Waals surface area contributed by atoms with Crippen LogP contribution in [0.25, 0.3) is 0 Å². The molecule has 0 saturated heterocycles. The van der Waals surface area contributed by atoms with E-state index in [1.54, 1.807) is 12.1 Å². The summed E-state index contributed by atoms with van der Waals surface area (Å²) >= 11 is 4.82. The Labute approximate surface area is 129 Å². The van der Waals surface area contributed by atoms with Crippen LogP contribution in [0.1, 0.15) is 36.5 Å². The Bertz CT molecular complexity index is 638. The molecular formula is C17H18FNOS. The molecule has 0 amide bonds. The van der Waals surface area contributed by atoms with E-state index in [0.717, 1.165) is 11.3 Å². The average molecular weight is 303 g/mol. The lowest BCUT2D eigenvalue weighted by Gasteiger charge is -2.10. The van der Waals surface area contributed by atoms with E-state index in [0.29, 0.717) is 12.5 Å². The van der Waals surface area contributed by atoms with Crippen LogP contribution in [0.3, 0.4) is 0 Å². The Hall–Kier alpha value is -1.94. The van der Waals surface area contributed by atoms with Gasteiger partial charge >= 0.3 is 0 Å². The fourth-order valence-corrected chi connectivity index (χ4v) is 2.12. The Morgan fingerprint density at radius 3 is 2.43 bits per heavy atom. The molecule has 0 aliphatic carbocycles. The van der Waals surface area contributed by atoms with Crippen LogP contribution in [0.15, 0.2) is 42.5 Å². The maximum atomic E-state index is 13.5. The zero-order chi connectivity index (χ0) is 15.4. The van der Waals surface area contributed by atoms with Crippen LogP contribution in [0, 0.1) is 5.82 Å². The Morgan fingerprint density at radius 1 is 1.19 bits per heavy atom. The number of halogens is 1. The smallest absolute Gasteiger partial charge is 0.133 e. The highest BCUT2D eigenvalue weighted by molar-refractivity contribution is 7.80. The summed E-state index contributed by atoms with van der Waals surface area (Å²) in [6, 6.07) is 12.6. The number of ether oxygens (including phenoxy) is 1. The molecule has 21 heavy (non-hydrogen) atoms. The Kier molecular flexibility index (Phi) is 4.91. The molecule has 2 aromatic rings. The van der Waals surface area contributed by atoms with Crippen LogP contribution in [-0.2, 0) is 6.61 Å². The summed E-state index contributed by atoms with van der Waals surface area (Å²) in [5.74, 6) is 0.859. The first kappa shape index (κ1) is 15.4. The van der Waals surface area contributed by atoms with Crippen LogP contribution in [-0.4, -0.2) is 4.99 Å². The standard InChI is InChI=1S/C17H18FNOS/c1-11(2)13-4-6-14(7-5-13)20-10-12-3-8-16(18)15(9-12)17(19)21/h3-9,11H,10H2,1-2H3,(H2,19,21). The van der Waals surface area contributed by atoms with Gasteiger partial charge in [-0.3, -0.25) is 0 Å². The molecule has 0 bridgehead atoms. The van der Waals surface area contributed by atoms with E-state index in [1.165, 1.54) is 11.6 Å². The van der Waals surface area contributed by atoms with E-state index in [-0.39, 0.29) is 10.6 Å². The van der Waals surface area contributed by atoms with Crippen molar-refractivity contribution in [3.63, 3.8) is 0 Å². The van der Waals surface area contributed by atoms with Crippen molar-refractivity contribution in [2.45, 2.75) is 26.4 Å². The molecule has 0 aromatic heterocycles. The van der Waals surface area contributed by atoms with Gasteiger partial charge in [-0.05, 0) is 41.3 Å². The third kappa shape index (κ3) is 4.02. The lowest BCUT2D eigenvalue weighted by molar-refractivity contribution is 0.306. The van der Waals surface area contributed by atoms with Gasteiger partial charge in [0.25, 0.3) is 0 Å². The topological polar surface area (TPSA) is 35.2 Å². The summed E-state index contributed by atoms with van der Waals surface area (Å²) in [5.41, 5.74) is 7.83. The molecule has 0 aliphatic rings. The minimum atomic E-state index is -0.410. The first-order valence-corrected chi connectivity index (χ1v) is 7.19. The van der Waals surface area contributed by atoms with Crippen molar-refractivity contribution in [2.75, 3.05) is 0 Å². The number of thiocarbonyl (C=S) groups is 1. The van der Waals surface area contributed by atoms with E-state index in [4.69, 9.17) is 22.7 Å². The molecule has 0 aliphatic heterocycles. The van der Waals surface area contributed by atoms with E-state index >= 15 is 0 Å². The quantitative estimate of drug-likeness (QED) is 0.842. The van der Waals surface area contributed by atoms with Crippen LogP contribution in [0.4, 0.5) is 4.39 Å². The molecule has 110 valence electrons. The minimum absolute atomic E-state index is 0.0515. The summed E-state index contributed by atoms with van der Waals surface area (Å²) in [4.78, 5) is 0.0515. The molecule has 0 saturated carbocycles. The molecule has 0 atom stereocenters. The third-order valence-corrected chi connectivity index (χ3v) is 3.47. The highest BCUT2D eigenvalue weighted by Crippen LogP contribution is 2.20. The second-order valence-electron chi connectivity index (χ2n) is 5.19. The average Bonchev–Trinajstić information content (AvgIpc) is 2.46. The Morgan fingerprint density at radius 2 is 1.86 bits per heavy atom. The van der Waals surface area contributed by atoms with Gasteiger partial charge in [-0.15, -0.1) is 0 Å². The predicted molar refractivity (Wildman–Crippen MR) is 87.2 cm³/mol. The second kappa shape index (κ2) is 6.68. The van der Waals surface area contributed by atoms with E-state index in [9.17, 15) is 4.39 Å². The molecule has 0 radical (unpaired) electrons. The van der Waals surface area contributed by atoms with Crippen molar-refractivity contribution in [2.24, 2.45) is 5.73 Å². The molecule has 0 fully saturated rings. The summed E-state index contributed by atoms with van der Waals surface area (Å²) in [7, 11) is 0. The van der Waals surface area contributed by atoms with Crippen LogP contribution >= 0.6 is 12.2 Å². The van der Waals surface area contributed by atoms with Gasteiger partial charge in [0.2, 0.25) is 0 Å². The van der Waals surface area contributed by atoms with Gasteiger partial charge in [-0.25, -0.2) is 4.39 Å². The number of hydrogen-bond acceptors (Lipinski definition) is 2. The fourth-order valence-electron chi connectivity index (χ4n) is 1.97. The number of rotatable bonds is 5. The van der Waals surface area contributed by atoms with Gasteiger partial charge in [0.1, 0.15) is 23.2 Å². The molecule has 2 nitrogen and oxygen atoms in total. The van der Waals surface area contributed by atoms with E-state index in [1.807, 2.05) is 24.3 Å². The maximum absolute atomic E-state index is 13.5. The predicted octanol–water partition coefficient (Wildman–Crippen LogP) is 4.16. The van der Waals surface area contributed by atoms with Gasteiger partial charge < -0.3 is 10.5 Å². The fraction of sp³-hybridized carbons (Fsp3) is 0.235. The van der Waals surface area contributed by atoms with Gasteiger partial charge in [-0.2, -0.15) is 0 Å². The molecule has 2 rings (SSSR count). The number of benzene rings is 2. The molecule has 0 spiro atoms. The minimum Gasteiger partial charge on any atom is -0.489 e.